The van der Waals surface area contributed by atoms with E-state index in [9.17, 15) is 0 Å². The van der Waals surface area contributed by atoms with Crippen molar-refractivity contribution in [2.45, 2.75) is 0 Å². The van der Waals surface area contributed by atoms with E-state index in [0.29, 0.717) is 0 Å². The van der Waals surface area contributed by atoms with Crippen LogP contribution in [-0.4, -0.2) is 21.2 Å². The van der Waals surface area contributed by atoms with Crippen LogP contribution in [0.15, 0.2) is 17.5 Å². The van der Waals surface area contributed by atoms with Crippen LogP contribution in [0.2, 0.25) is 0 Å². The van der Waals surface area contributed by atoms with E-state index in [4.69, 9.17) is 5.21 Å². The summed E-state index contributed by atoms with van der Waals surface area (Å²) in [7, 11) is 1.80. The van der Waals surface area contributed by atoms with Gasteiger partial charge in [0.15, 0.2) is 0 Å². The second-order valence-electron chi connectivity index (χ2n) is 1.69. The average molecular weight is 125 g/mol. The van der Waals surface area contributed by atoms with E-state index in [-0.39, 0.29) is 0 Å². The van der Waals surface area contributed by atoms with E-state index in [1.807, 2.05) is 0 Å². The van der Waals surface area contributed by atoms with Crippen LogP contribution < -0.4 is 0 Å². The maximum Gasteiger partial charge on any atom is 0.0765 e. The molecule has 0 saturated carbocycles. The third-order valence-electron chi connectivity index (χ3n) is 0.932. The van der Waals surface area contributed by atoms with Crippen LogP contribution >= 0.6 is 0 Å². The van der Waals surface area contributed by atoms with E-state index < -0.39 is 0 Å². The Bertz CT molecular complexity index is 216. The van der Waals surface area contributed by atoms with Crippen LogP contribution in [-0.2, 0) is 7.05 Å². The van der Waals surface area contributed by atoms with E-state index in [1.165, 1.54) is 6.21 Å². The predicted octanol–water partition coefficient (Wildman–Crippen LogP) is 0.228. The highest BCUT2D eigenvalue weighted by Gasteiger charge is 1.88. The number of aromatic nitrogens is 2. The Hall–Kier alpha value is -1.32. The van der Waals surface area contributed by atoms with E-state index in [1.54, 1.807) is 24.1 Å². The Morgan fingerprint density at radius 2 is 2.67 bits per heavy atom. The SMILES string of the molecule is Cn1cc(/C=N\O)cn1. The molecule has 1 heterocycles. The molecule has 0 aromatic carbocycles. The molecule has 9 heavy (non-hydrogen) atoms. The predicted molar refractivity (Wildman–Crippen MR) is 32.6 cm³/mol. The van der Waals surface area contributed by atoms with Gasteiger partial charge in [-0.05, 0) is 0 Å². The first-order valence-corrected chi connectivity index (χ1v) is 2.49. The minimum atomic E-state index is 0.792. The Kier molecular flexibility index (Phi) is 1.48. The van der Waals surface area contributed by atoms with Crippen molar-refractivity contribution in [2.24, 2.45) is 12.2 Å². The molecule has 0 fully saturated rings. The van der Waals surface area contributed by atoms with E-state index >= 15 is 0 Å². The minimum absolute atomic E-state index is 0.792. The van der Waals surface area contributed by atoms with Gasteiger partial charge < -0.3 is 5.21 Å². The van der Waals surface area contributed by atoms with Crippen LogP contribution in [0.5, 0.6) is 0 Å². The van der Waals surface area contributed by atoms with Gasteiger partial charge in [0, 0.05) is 18.8 Å². The molecule has 0 saturated heterocycles. The summed E-state index contributed by atoms with van der Waals surface area (Å²) in [6.07, 6.45) is 4.69. The molecule has 1 rings (SSSR count). The highest BCUT2D eigenvalue weighted by atomic mass is 16.4. The fourth-order valence-corrected chi connectivity index (χ4v) is 0.573. The first-order chi connectivity index (χ1) is 4.33. The molecule has 0 unspecified atom stereocenters. The number of nitrogens with zero attached hydrogens (tertiary/aromatic N) is 3. The van der Waals surface area contributed by atoms with Crippen molar-refractivity contribution in [1.29, 1.82) is 0 Å². The molecule has 0 aliphatic carbocycles. The van der Waals surface area contributed by atoms with Gasteiger partial charge in [0.1, 0.15) is 0 Å². The van der Waals surface area contributed by atoms with Gasteiger partial charge in [-0.3, -0.25) is 4.68 Å². The molecule has 0 bridgehead atoms. The van der Waals surface area contributed by atoms with Crippen LogP contribution in [0, 0.1) is 0 Å². The molecule has 0 radical (unpaired) electrons. The number of hydrogen-bond donors (Lipinski definition) is 1. The Morgan fingerprint density at radius 3 is 3.11 bits per heavy atom. The Morgan fingerprint density at radius 1 is 1.89 bits per heavy atom. The average Bonchev–Trinajstić information content (AvgIpc) is 2.17. The van der Waals surface area contributed by atoms with Crippen LogP contribution in [0.3, 0.4) is 0 Å². The van der Waals surface area contributed by atoms with Crippen molar-refractivity contribution in [2.75, 3.05) is 0 Å². The molecule has 1 N–H and O–H groups in total. The molecule has 4 nitrogen and oxygen atoms in total. The largest absolute Gasteiger partial charge is 0.411 e. The fraction of sp³-hybridized carbons (Fsp3) is 0.200. The Balaban J connectivity index is 2.85. The van der Waals surface area contributed by atoms with Crippen LogP contribution in [0.4, 0.5) is 0 Å². The highest BCUT2D eigenvalue weighted by Crippen LogP contribution is 1.89. The van der Waals surface area contributed by atoms with Crippen LogP contribution in [0.1, 0.15) is 5.56 Å². The van der Waals surface area contributed by atoms with E-state index in [0.717, 1.165) is 5.56 Å². The summed E-state index contributed by atoms with van der Waals surface area (Å²) in [5.41, 5.74) is 0.792. The molecular formula is C5H7N3O. The lowest BCUT2D eigenvalue weighted by atomic mass is 10.4. The Labute approximate surface area is 52.4 Å². The third kappa shape index (κ3) is 1.28. The summed E-state index contributed by atoms with van der Waals surface area (Å²) in [5.74, 6) is 0. The summed E-state index contributed by atoms with van der Waals surface area (Å²) in [5, 5.41) is 14.8. The number of hydrogen-bond acceptors (Lipinski definition) is 3. The normalized spacial score (nSPS) is 10.8. The minimum Gasteiger partial charge on any atom is -0.411 e. The zero-order chi connectivity index (χ0) is 6.69. The molecule has 1 aromatic heterocycles. The van der Waals surface area contributed by atoms with Gasteiger partial charge in [-0.25, -0.2) is 0 Å². The van der Waals surface area contributed by atoms with Gasteiger partial charge in [0.25, 0.3) is 0 Å². The molecule has 48 valence electrons. The third-order valence-corrected chi connectivity index (χ3v) is 0.932. The van der Waals surface area contributed by atoms with Gasteiger partial charge in [-0.1, -0.05) is 5.16 Å². The second-order valence-corrected chi connectivity index (χ2v) is 1.69. The molecule has 1 aromatic rings. The van der Waals surface area contributed by atoms with Crippen molar-refractivity contribution in [3.63, 3.8) is 0 Å². The number of aryl methyl sites for hydroxylation is 1. The van der Waals surface area contributed by atoms with Crippen molar-refractivity contribution < 1.29 is 5.21 Å². The summed E-state index contributed by atoms with van der Waals surface area (Å²) in [6, 6.07) is 0. The zero-order valence-corrected chi connectivity index (χ0v) is 5.02. The quantitative estimate of drug-likeness (QED) is 0.332. The molecule has 0 aliphatic heterocycles. The molecule has 0 amide bonds. The summed E-state index contributed by atoms with van der Waals surface area (Å²) in [6.45, 7) is 0. The fourth-order valence-electron chi connectivity index (χ4n) is 0.573. The van der Waals surface area contributed by atoms with E-state index in [2.05, 4.69) is 10.3 Å². The lowest BCUT2D eigenvalue weighted by Gasteiger charge is -1.79. The van der Waals surface area contributed by atoms with Gasteiger partial charge in [0.2, 0.25) is 0 Å². The van der Waals surface area contributed by atoms with Crippen LogP contribution in [0.25, 0.3) is 0 Å². The lowest BCUT2D eigenvalue weighted by molar-refractivity contribution is 0.322. The first-order valence-electron chi connectivity index (χ1n) is 2.49. The van der Waals surface area contributed by atoms with Crippen molar-refractivity contribution in [3.05, 3.63) is 18.0 Å². The van der Waals surface area contributed by atoms with Gasteiger partial charge in [-0.15, -0.1) is 0 Å². The highest BCUT2D eigenvalue weighted by molar-refractivity contribution is 5.77. The standard InChI is InChI=1S/C5H7N3O/c1-8-4-5(2-6-8)3-7-9/h2-4,9H,1H3/b7-3-. The molecular weight excluding hydrogens is 118 g/mol. The molecule has 4 heteroatoms. The monoisotopic (exact) mass is 125 g/mol. The zero-order valence-electron chi connectivity index (χ0n) is 5.02. The summed E-state index contributed by atoms with van der Waals surface area (Å²) in [4.78, 5) is 0. The summed E-state index contributed by atoms with van der Waals surface area (Å²) < 4.78 is 1.64. The number of rotatable bonds is 1. The number of oxime groups is 1. The smallest absolute Gasteiger partial charge is 0.0765 e. The van der Waals surface area contributed by atoms with Gasteiger partial charge in [0.05, 0.1) is 12.4 Å². The lowest BCUT2D eigenvalue weighted by Crippen LogP contribution is -1.84. The van der Waals surface area contributed by atoms with Crippen molar-refractivity contribution >= 4 is 6.21 Å². The maximum atomic E-state index is 8.06. The molecule has 0 aliphatic rings. The van der Waals surface area contributed by atoms with Gasteiger partial charge >= 0.3 is 0 Å². The molecule has 0 atom stereocenters. The topological polar surface area (TPSA) is 50.4 Å². The van der Waals surface area contributed by atoms with Crippen molar-refractivity contribution in [1.82, 2.24) is 9.78 Å². The maximum absolute atomic E-state index is 8.06. The van der Waals surface area contributed by atoms with Crippen molar-refractivity contribution in [3.8, 4) is 0 Å². The van der Waals surface area contributed by atoms with Gasteiger partial charge in [-0.2, -0.15) is 5.10 Å². The second kappa shape index (κ2) is 2.30. The molecule has 0 spiro atoms. The summed E-state index contributed by atoms with van der Waals surface area (Å²) >= 11 is 0. The first kappa shape index (κ1) is 5.81.